The lowest BCUT2D eigenvalue weighted by Crippen LogP contribution is -2.51. The Bertz CT molecular complexity index is 439. The summed E-state index contributed by atoms with van der Waals surface area (Å²) in [5, 5.41) is 9.83. The molecule has 18 heavy (non-hydrogen) atoms. The van der Waals surface area contributed by atoms with E-state index in [2.05, 4.69) is 15.1 Å². The fourth-order valence-electron chi connectivity index (χ4n) is 1.69. The topological polar surface area (TPSA) is 49.3 Å². The van der Waals surface area contributed by atoms with Gasteiger partial charge < -0.3 is 9.80 Å². The molecule has 1 amide bonds. The normalized spacial score (nSPS) is 17.1. The largest absolute Gasteiger partial charge is 0.343 e. The maximum Gasteiger partial charge on any atom is 0.274 e. The van der Waals surface area contributed by atoms with Crippen molar-refractivity contribution < 1.29 is 4.79 Å². The summed E-state index contributed by atoms with van der Waals surface area (Å²) in [6.45, 7) is 4.28. The number of carbonyl (C=O) groups excluding carboxylic acids is 1. The Morgan fingerprint density at radius 1 is 1.22 bits per heavy atom. The summed E-state index contributed by atoms with van der Waals surface area (Å²) in [6, 6.07) is 0. The molecule has 1 saturated heterocycles. The first-order valence-corrected chi connectivity index (χ1v) is 7.24. The third-order valence-corrected chi connectivity index (χ3v) is 3.98. The Morgan fingerprint density at radius 3 is 2.28 bits per heavy atom. The molecular weight excluding hydrogens is 319 g/mol. The van der Waals surface area contributed by atoms with Crippen molar-refractivity contribution in [2.24, 2.45) is 0 Å². The molecule has 1 fully saturated rings. The molecular formula is C9H11Cl3N4OS. The predicted octanol–water partition coefficient (Wildman–Crippen LogP) is 1.87. The molecule has 0 saturated carbocycles. The Labute approximate surface area is 124 Å². The van der Waals surface area contributed by atoms with E-state index in [1.54, 1.807) is 4.90 Å². The molecule has 0 N–H and O–H groups in total. The summed E-state index contributed by atoms with van der Waals surface area (Å²) in [5.41, 5.74) is 0. The van der Waals surface area contributed by atoms with Crippen LogP contribution in [-0.4, -0.2) is 51.0 Å². The van der Waals surface area contributed by atoms with Gasteiger partial charge in [0.15, 0.2) is 0 Å². The quantitative estimate of drug-likeness (QED) is 0.738. The molecule has 0 radical (unpaired) electrons. The number of halogens is 3. The van der Waals surface area contributed by atoms with Gasteiger partial charge in [-0.3, -0.25) is 4.79 Å². The molecule has 1 aliphatic rings. The van der Waals surface area contributed by atoms with Gasteiger partial charge >= 0.3 is 0 Å². The van der Waals surface area contributed by atoms with Crippen LogP contribution in [0.5, 0.6) is 0 Å². The molecule has 5 nitrogen and oxygen atoms in total. The predicted molar refractivity (Wildman–Crippen MR) is 73.7 cm³/mol. The fraction of sp³-hybridized carbons (Fsp3) is 0.667. The molecule has 0 aliphatic carbocycles. The standard InChI is InChI=1S/C9H11Cl3N4OS/c1-6-13-14-8(18-6)16-4-2-15(3-5-16)7(17)9(10,11)12/h2-5H2,1H3. The molecule has 2 rings (SSSR count). The minimum absolute atomic E-state index is 0.472. The zero-order chi connectivity index (χ0) is 13.3. The van der Waals surface area contributed by atoms with Gasteiger partial charge in [0.25, 0.3) is 9.70 Å². The maximum absolute atomic E-state index is 11.8. The highest BCUT2D eigenvalue weighted by atomic mass is 35.6. The van der Waals surface area contributed by atoms with Crippen molar-refractivity contribution >= 4 is 57.2 Å². The second-order valence-electron chi connectivity index (χ2n) is 3.88. The summed E-state index contributed by atoms with van der Waals surface area (Å²) in [6.07, 6.45) is 0. The van der Waals surface area contributed by atoms with E-state index in [0.717, 1.165) is 10.1 Å². The first-order chi connectivity index (χ1) is 8.38. The van der Waals surface area contributed by atoms with Crippen molar-refractivity contribution in [3.05, 3.63) is 5.01 Å². The fourth-order valence-corrected chi connectivity index (χ4v) is 2.79. The van der Waals surface area contributed by atoms with Crippen molar-refractivity contribution in [3.8, 4) is 0 Å². The zero-order valence-corrected chi connectivity index (χ0v) is 12.7. The number of rotatable bonds is 1. The third kappa shape index (κ3) is 3.17. The van der Waals surface area contributed by atoms with Crippen molar-refractivity contribution in [2.45, 2.75) is 10.7 Å². The zero-order valence-electron chi connectivity index (χ0n) is 9.57. The monoisotopic (exact) mass is 328 g/mol. The lowest BCUT2D eigenvalue weighted by Gasteiger charge is -2.35. The van der Waals surface area contributed by atoms with Crippen LogP contribution in [0.3, 0.4) is 0 Å². The van der Waals surface area contributed by atoms with Crippen molar-refractivity contribution in [2.75, 3.05) is 31.1 Å². The number of amides is 1. The number of aryl methyl sites for hydroxylation is 1. The van der Waals surface area contributed by atoms with Gasteiger partial charge in [0.2, 0.25) is 5.13 Å². The summed E-state index contributed by atoms with van der Waals surface area (Å²) in [5.74, 6) is -0.472. The molecule has 0 spiro atoms. The van der Waals surface area contributed by atoms with Gasteiger partial charge in [-0.2, -0.15) is 0 Å². The summed E-state index contributed by atoms with van der Waals surface area (Å²) < 4.78 is -1.87. The van der Waals surface area contributed by atoms with Crippen LogP contribution in [0.4, 0.5) is 5.13 Å². The van der Waals surface area contributed by atoms with Crippen molar-refractivity contribution in [3.63, 3.8) is 0 Å². The van der Waals surface area contributed by atoms with Crippen LogP contribution >= 0.6 is 46.1 Å². The maximum atomic E-state index is 11.8. The van der Waals surface area contributed by atoms with Gasteiger partial charge in [-0.25, -0.2) is 0 Å². The van der Waals surface area contributed by atoms with E-state index < -0.39 is 9.70 Å². The minimum Gasteiger partial charge on any atom is -0.343 e. The summed E-state index contributed by atoms with van der Waals surface area (Å²) in [7, 11) is 0. The van der Waals surface area contributed by atoms with Gasteiger partial charge in [0.1, 0.15) is 5.01 Å². The smallest absolute Gasteiger partial charge is 0.274 e. The number of aromatic nitrogens is 2. The number of carbonyl (C=O) groups is 1. The van der Waals surface area contributed by atoms with Crippen molar-refractivity contribution in [1.82, 2.24) is 15.1 Å². The Kier molecular flexibility index (Phi) is 4.21. The SMILES string of the molecule is Cc1nnc(N2CCN(C(=O)C(Cl)(Cl)Cl)CC2)s1. The van der Waals surface area contributed by atoms with Crippen LogP contribution in [-0.2, 0) is 4.79 Å². The third-order valence-electron chi connectivity index (χ3n) is 2.60. The van der Waals surface area contributed by atoms with Crippen LogP contribution in [0.1, 0.15) is 5.01 Å². The van der Waals surface area contributed by atoms with E-state index in [0.29, 0.717) is 26.2 Å². The van der Waals surface area contributed by atoms with Gasteiger partial charge in [0, 0.05) is 26.2 Å². The highest BCUT2D eigenvalue weighted by Gasteiger charge is 2.36. The Morgan fingerprint density at radius 2 is 1.83 bits per heavy atom. The van der Waals surface area contributed by atoms with Gasteiger partial charge in [-0.05, 0) is 6.92 Å². The molecule has 1 aliphatic heterocycles. The van der Waals surface area contributed by atoms with Gasteiger partial charge in [-0.15, -0.1) is 10.2 Å². The van der Waals surface area contributed by atoms with Crippen LogP contribution in [0.25, 0.3) is 0 Å². The molecule has 9 heteroatoms. The van der Waals surface area contributed by atoms with Crippen LogP contribution < -0.4 is 4.90 Å². The number of alkyl halides is 3. The minimum atomic E-state index is -1.87. The highest BCUT2D eigenvalue weighted by molar-refractivity contribution is 7.15. The van der Waals surface area contributed by atoms with Gasteiger partial charge in [0.05, 0.1) is 0 Å². The number of hydrogen-bond acceptors (Lipinski definition) is 5. The molecule has 2 heterocycles. The number of hydrogen-bond donors (Lipinski definition) is 0. The Hall–Kier alpha value is -0.300. The molecule has 1 aromatic rings. The van der Waals surface area contributed by atoms with E-state index >= 15 is 0 Å². The molecule has 0 atom stereocenters. The molecule has 0 unspecified atom stereocenters. The van der Waals surface area contributed by atoms with Crippen LogP contribution in [0.2, 0.25) is 0 Å². The number of nitrogens with zero attached hydrogens (tertiary/aromatic N) is 4. The lowest BCUT2D eigenvalue weighted by molar-refractivity contribution is -0.130. The molecule has 1 aromatic heterocycles. The lowest BCUT2D eigenvalue weighted by atomic mass is 10.3. The molecule has 0 aromatic carbocycles. The average Bonchev–Trinajstić information content (AvgIpc) is 2.74. The first-order valence-electron chi connectivity index (χ1n) is 5.29. The Balaban J connectivity index is 1.94. The van der Waals surface area contributed by atoms with Crippen LogP contribution in [0.15, 0.2) is 0 Å². The summed E-state index contributed by atoms with van der Waals surface area (Å²) in [4.78, 5) is 15.4. The van der Waals surface area contributed by atoms with E-state index in [1.807, 2.05) is 6.92 Å². The average molecular weight is 330 g/mol. The van der Waals surface area contributed by atoms with E-state index in [-0.39, 0.29) is 0 Å². The number of anilines is 1. The second kappa shape index (κ2) is 5.36. The van der Waals surface area contributed by atoms with E-state index in [1.165, 1.54) is 11.3 Å². The van der Waals surface area contributed by atoms with Crippen molar-refractivity contribution in [1.29, 1.82) is 0 Å². The van der Waals surface area contributed by atoms with Gasteiger partial charge in [-0.1, -0.05) is 46.1 Å². The molecule has 0 bridgehead atoms. The number of piperazine rings is 1. The van der Waals surface area contributed by atoms with E-state index in [9.17, 15) is 4.79 Å². The molecule has 100 valence electrons. The summed E-state index contributed by atoms with van der Waals surface area (Å²) >= 11 is 18.3. The van der Waals surface area contributed by atoms with Crippen LogP contribution in [0, 0.1) is 6.92 Å². The highest BCUT2D eigenvalue weighted by Crippen LogP contribution is 2.29. The second-order valence-corrected chi connectivity index (χ2v) is 7.32. The first kappa shape index (κ1) is 14.1. The van der Waals surface area contributed by atoms with E-state index in [4.69, 9.17) is 34.8 Å².